The van der Waals surface area contributed by atoms with Crippen molar-refractivity contribution >= 4 is 5.82 Å². The average molecular weight is 176 g/mol. The zero-order valence-electron chi connectivity index (χ0n) is 8.25. The lowest BCUT2D eigenvalue weighted by molar-refractivity contribution is 0.821. The number of anilines is 1. The zero-order valence-corrected chi connectivity index (χ0v) is 8.25. The largest absolute Gasteiger partial charge is 0.383 e. The molecule has 0 spiro atoms. The van der Waals surface area contributed by atoms with E-state index in [-0.39, 0.29) is 0 Å². The molecule has 13 heavy (non-hydrogen) atoms. The Bertz CT molecular complexity index is 314. The van der Waals surface area contributed by atoms with Gasteiger partial charge < -0.3 is 5.73 Å². The molecule has 1 aromatic heterocycles. The molecule has 70 valence electrons. The molecule has 0 aromatic carbocycles. The highest BCUT2D eigenvalue weighted by molar-refractivity contribution is 5.45. The van der Waals surface area contributed by atoms with Crippen molar-refractivity contribution in [2.75, 3.05) is 5.73 Å². The van der Waals surface area contributed by atoms with Gasteiger partial charge in [-0.1, -0.05) is 19.9 Å². The van der Waals surface area contributed by atoms with E-state index in [4.69, 9.17) is 5.73 Å². The first kappa shape index (κ1) is 8.54. The number of pyridine rings is 1. The van der Waals surface area contributed by atoms with Gasteiger partial charge in [0.05, 0.1) is 0 Å². The summed E-state index contributed by atoms with van der Waals surface area (Å²) in [7, 11) is 0. The average Bonchev–Trinajstić information content (AvgIpc) is 2.87. The van der Waals surface area contributed by atoms with E-state index in [0.29, 0.717) is 11.8 Å². The fraction of sp³-hybridized carbons (Fsp3) is 0.545. The third-order valence-electron chi connectivity index (χ3n) is 2.59. The Morgan fingerprint density at radius 3 is 2.54 bits per heavy atom. The number of nitrogens with zero attached hydrogens (tertiary/aromatic N) is 1. The van der Waals surface area contributed by atoms with Crippen LogP contribution in [0.1, 0.15) is 49.8 Å². The molecule has 0 atom stereocenters. The highest BCUT2D eigenvalue weighted by Crippen LogP contribution is 2.42. The van der Waals surface area contributed by atoms with Crippen LogP contribution in [0.25, 0.3) is 0 Å². The van der Waals surface area contributed by atoms with Gasteiger partial charge in [-0.25, -0.2) is 4.98 Å². The highest BCUT2D eigenvalue weighted by atomic mass is 14.9. The van der Waals surface area contributed by atoms with Gasteiger partial charge in [-0.2, -0.15) is 0 Å². The van der Waals surface area contributed by atoms with Gasteiger partial charge in [0.15, 0.2) is 0 Å². The van der Waals surface area contributed by atoms with Gasteiger partial charge in [0.2, 0.25) is 0 Å². The number of hydrogen-bond acceptors (Lipinski definition) is 2. The number of rotatable bonds is 2. The molecule has 2 rings (SSSR count). The molecular weight excluding hydrogens is 160 g/mol. The molecule has 2 N–H and O–H groups in total. The summed E-state index contributed by atoms with van der Waals surface area (Å²) in [6.45, 7) is 4.27. The zero-order chi connectivity index (χ0) is 9.42. The maximum Gasteiger partial charge on any atom is 0.127 e. The first-order valence-corrected chi connectivity index (χ1v) is 4.95. The van der Waals surface area contributed by atoms with Crippen molar-refractivity contribution in [3.05, 3.63) is 23.4 Å². The van der Waals surface area contributed by atoms with Crippen LogP contribution in [0.15, 0.2) is 12.1 Å². The summed E-state index contributed by atoms with van der Waals surface area (Å²) in [5, 5.41) is 0. The van der Waals surface area contributed by atoms with Crippen LogP contribution < -0.4 is 5.73 Å². The van der Waals surface area contributed by atoms with E-state index in [1.54, 1.807) is 0 Å². The number of hydrogen-bond donors (Lipinski definition) is 1. The smallest absolute Gasteiger partial charge is 0.127 e. The van der Waals surface area contributed by atoms with Crippen molar-refractivity contribution in [2.45, 2.75) is 38.5 Å². The van der Waals surface area contributed by atoms with E-state index in [9.17, 15) is 0 Å². The molecular formula is C11H16N2. The second-order valence-corrected chi connectivity index (χ2v) is 4.14. The summed E-state index contributed by atoms with van der Waals surface area (Å²) < 4.78 is 0. The van der Waals surface area contributed by atoms with Gasteiger partial charge in [0, 0.05) is 5.69 Å². The molecule has 1 fully saturated rings. The summed E-state index contributed by atoms with van der Waals surface area (Å²) in [6, 6.07) is 4.25. The van der Waals surface area contributed by atoms with Crippen LogP contribution >= 0.6 is 0 Å². The van der Waals surface area contributed by atoms with E-state index >= 15 is 0 Å². The highest BCUT2D eigenvalue weighted by Gasteiger charge is 2.26. The van der Waals surface area contributed by atoms with Gasteiger partial charge in [-0.05, 0) is 36.3 Å². The van der Waals surface area contributed by atoms with Crippen molar-refractivity contribution in [2.24, 2.45) is 0 Å². The Hall–Kier alpha value is -1.05. The van der Waals surface area contributed by atoms with E-state index in [1.807, 2.05) is 0 Å². The fourth-order valence-corrected chi connectivity index (χ4v) is 1.56. The summed E-state index contributed by atoms with van der Waals surface area (Å²) in [6.07, 6.45) is 2.57. The molecule has 1 heterocycles. The first-order valence-electron chi connectivity index (χ1n) is 4.95. The SMILES string of the molecule is CC(C)c1ccc(C2CC2)c(N)n1. The van der Waals surface area contributed by atoms with Crippen molar-refractivity contribution in [1.29, 1.82) is 0 Å². The predicted molar refractivity (Wildman–Crippen MR) is 54.7 cm³/mol. The third-order valence-corrected chi connectivity index (χ3v) is 2.59. The molecule has 0 radical (unpaired) electrons. The quantitative estimate of drug-likeness (QED) is 0.752. The minimum absolute atomic E-state index is 0.468. The van der Waals surface area contributed by atoms with Gasteiger partial charge in [-0.3, -0.25) is 0 Å². The van der Waals surface area contributed by atoms with Crippen LogP contribution in [0.5, 0.6) is 0 Å². The number of nitrogens with two attached hydrogens (primary N) is 1. The number of nitrogen functional groups attached to an aromatic ring is 1. The van der Waals surface area contributed by atoms with E-state index in [2.05, 4.69) is 31.0 Å². The van der Waals surface area contributed by atoms with E-state index < -0.39 is 0 Å². The predicted octanol–water partition coefficient (Wildman–Crippen LogP) is 2.66. The number of aromatic nitrogens is 1. The van der Waals surface area contributed by atoms with Crippen LogP contribution in [0.2, 0.25) is 0 Å². The second kappa shape index (κ2) is 3.02. The maximum absolute atomic E-state index is 5.89. The molecule has 1 aliphatic rings. The van der Waals surface area contributed by atoms with Crippen molar-refractivity contribution in [3.63, 3.8) is 0 Å². The van der Waals surface area contributed by atoms with Gasteiger partial charge in [0.25, 0.3) is 0 Å². The Morgan fingerprint density at radius 1 is 1.38 bits per heavy atom. The van der Waals surface area contributed by atoms with Crippen LogP contribution in [-0.4, -0.2) is 4.98 Å². The molecule has 1 aliphatic carbocycles. The van der Waals surface area contributed by atoms with Gasteiger partial charge >= 0.3 is 0 Å². The second-order valence-electron chi connectivity index (χ2n) is 4.14. The summed E-state index contributed by atoms with van der Waals surface area (Å²) in [5.41, 5.74) is 8.24. The molecule has 0 unspecified atom stereocenters. The van der Waals surface area contributed by atoms with Gasteiger partial charge in [0.1, 0.15) is 5.82 Å². The summed E-state index contributed by atoms with van der Waals surface area (Å²) in [4.78, 5) is 4.41. The molecule has 2 heteroatoms. The molecule has 0 bridgehead atoms. The minimum Gasteiger partial charge on any atom is -0.383 e. The third kappa shape index (κ3) is 1.67. The van der Waals surface area contributed by atoms with Crippen molar-refractivity contribution < 1.29 is 0 Å². The van der Waals surface area contributed by atoms with Crippen LogP contribution in [0.4, 0.5) is 5.82 Å². The van der Waals surface area contributed by atoms with Crippen LogP contribution in [-0.2, 0) is 0 Å². The van der Waals surface area contributed by atoms with Crippen molar-refractivity contribution in [1.82, 2.24) is 4.98 Å². The summed E-state index contributed by atoms with van der Waals surface area (Å²) >= 11 is 0. The Balaban J connectivity index is 2.31. The monoisotopic (exact) mass is 176 g/mol. The molecule has 1 aromatic rings. The lowest BCUT2D eigenvalue weighted by Gasteiger charge is -2.08. The maximum atomic E-state index is 5.89. The summed E-state index contributed by atoms with van der Waals surface area (Å²) in [5.74, 6) is 1.91. The Morgan fingerprint density at radius 2 is 2.08 bits per heavy atom. The molecule has 2 nitrogen and oxygen atoms in total. The van der Waals surface area contributed by atoms with E-state index in [0.717, 1.165) is 11.5 Å². The topological polar surface area (TPSA) is 38.9 Å². The normalized spacial score (nSPS) is 16.5. The molecule has 0 amide bonds. The Kier molecular flexibility index (Phi) is 1.98. The molecule has 0 saturated heterocycles. The minimum atomic E-state index is 0.468. The van der Waals surface area contributed by atoms with Crippen LogP contribution in [0.3, 0.4) is 0 Å². The Labute approximate surface area is 79.2 Å². The van der Waals surface area contributed by atoms with Crippen LogP contribution in [0, 0.1) is 0 Å². The lowest BCUT2D eigenvalue weighted by atomic mass is 10.1. The lowest BCUT2D eigenvalue weighted by Crippen LogP contribution is -2.01. The first-order chi connectivity index (χ1) is 6.18. The van der Waals surface area contributed by atoms with Gasteiger partial charge in [-0.15, -0.1) is 0 Å². The van der Waals surface area contributed by atoms with Crippen molar-refractivity contribution in [3.8, 4) is 0 Å². The standard InChI is InChI=1S/C11H16N2/c1-7(2)10-6-5-9(8-3-4-8)11(12)13-10/h5-8H,3-4H2,1-2H3,(H2,12,13). The fourth-order valence-electron chi connectivity index (χ4n) is 1.56. The molecule has 0 aliphatic heterocycles. The molecule has 1 saturated carbocycles. The van der Waals surface area contributed by atoms with E-state index in [1.165, 1.54) is 18.4 Å².